The lowest BCUT2D eigenvalue weighted by atomic mass is 9.96. The fraction of sp³-hybridized carbons (Fsp3) is 0.100. The van der Waals surface area contributed by atoms with E-state index in [1.165, 1.54) is 6.21 Å². The molecule has 1 heterocycles. The van der Waals surface area contributed by atoms with E-state index in [4.69, 9.17) is 5.73 Å². The number of hydrogen-bond donors (Lipinski definition) is 1. The molecule has 0 aliphatic carbocycles. The number of carbonyl (C=O) groups is 2. The highest BCUT2D eigenvalue weighted by Crippen LogP contribution is 2.15. The lowest BCUT2D eigenvalue weighted by Gasteiger charge is -2.14. The summed E-state index contributed by atoms with van der Waals surface area (Å²) < 4.78 is 0. The number of Topliss-reactive ketones (excluding diaryl/α,β-unsaturated/α-hetero) is 1. The molecule has 0 bridgehead atoms. The smallest absolute Gasteiger partial charge is 0.250 e. The van der Waals surface area contributed by atoms with Crippen molar-refractivity contribution >= 4 is 17.9 Å². The van der Waals surface area contributed by atoms with E-state index in [9.17, 15) is 9.59 Å². The Morgan fingerprint density at radius 3 is 2.79 bits per heavy atom. The van der Waals surface area contributed by atoms with Gasteiger partial charge < -0.3 is 5.73 Å². The van der Waals surface area contributed by atoms with E-state index in [2.05, 4.69) is 4.99 Å². The zero-order valence-corrected chi connectivity index (χ0v) is 7.31. The molecule has 0 saturated carbocycles. The van der Waals surface area contributed by atoms with Crippen molar-refractivity contribution in [3.05, 3.63) is 35.4 Å². The average molecular weight is 188 g/mol. The third-order valence-electron chi connectivity index (χ3n) is 2.11. The van der Waals surface area contributed by atoms with Gasteiger partial charge in [-0.05, 0) is 0 Å². The van der Waals surface area contributed by atoms with Gasteiger partial charge in [0.2, 0.25) is 5.91 Å². The molecule has 1 atom stereocenters. The Bertz CT molecular complexity index is 438. The molecular weight excluding hydrogens is 180 g/mol. The van der Waals surface area contributed by atoms with Crippen molar-refractivity contribution in [3.63, 3.8) is 0 Å². The van der Waals surface area contributed by atoms with Crippen molar-refractivity contribution in [1.82, 2.24) is 0 Å². The SMILES string of the molecule is NC(=O)C1N=Cc2ccccc2C1=O. The predicted molar refractivity (Wildman–Crippen MR) is 51.3 cm³/mol. The van der Waals surface area contributed by atoms with Crippen LogP contribution in [0.5, 0.6) is 0 Å². The summed E-state index contributed by atoms with van der Waals surface area (Å²) in [6, 6.07) is 5.94. The van der Waals surface area contributed by atoms with E-state index in [0.29, 0.717) is 5.56 Å². The minimum atomic E-state index is -1.05. The summed E-state index contributed by atoms with van der Waals surface area (Å²) in [5.74, 6) is -1.03. The van der Waals surface area contributed by atoms with Gasteiger partial charge in [-0.15, -0.1) is 0 Å². The lowest BCUT2D eigenvalue weighted by molar-refractivity contribution is -0.118. The number of benzene rings is 1. The minimum Gasteiger partial charge on any atom is -0.367 e. The lowest BCUT2D eigenvalue weighted by Crippen LogP contribution is -2.36. The highest BCUT2D eigenvalue weighted by atomic mass is 16.2. The van der Waals surface area contributed by atoms with Crippen LogP contribution >= 0.6 is 0 Å². The van der Waals surface area contributed by atoms with Gasteiger partial charge in [-0.25, -0.2) is 0 Å². The Morgan fingerprint density at radius 1 is 1.36 bits per heavy atom. The summed E-state index contributed by atoms with van der Waals surface area (Å²) in [5, 5.41) is 0. The second-order valence-electron chi connectivity index (χ2n) is 3.03. The third-order valence-corrected chi connectivity index (χ3v) is 2.11. The van der Waals surface area contributed by atoms with Gasteiger partial charge in [-0.2, -0.15) is 0 Å². The molecule has 2 N–H and O–H groups in total. The van der Waals surface area contributed by atoms with Crippen LogP contribution in [0.25, 0.3) is 0 Å². The Kier molecular flexibility index (Phi) is 1.89. The normalized spacial score (nSPS) is 19.1. The van der Waals surface area contributed by atoms with Gasteiger partial charge in [-0.1, -0.05) is 24.3 Å². The number of nitrogens with two attached hydrogens (primary N) is 1. The van der Waals surface area contributed by atoms with Crippen LogP contribution in [-0.4, -0.2) is 23.9 Å². The molecule has 0 fully saturated rings. The van der Waals surface area contributed by atoms with Crippen LogP contribution in [0.4, 0.5) is 0 Å². The standard InChI is InChI=1S/C10H8N2O2/c11-10(14)8-9(13)7-4-2-1-3-6(7)5-12-8/h1-5,8H,(H2,11,14). The predicted octanol–water partition coefficient (Wildman–Crippen LogP) is 0.156. The van der Waals surface area contributed by atoms with Crippen molar-refractivity contribution < 1.29 is 9.59 Å². The monoisotopic (exact) mass is 188 g/mol. The summed E-state index contributed by atoms with van der Waals surface area (Å²) in [7, 11) is 0. The van der Waals surface area contributed by atoms with Gasteiger partial charge in [0.15, 0.2) is 11.8 Å². The summed E-state index contributed by atoms with van der Waals surface area (Å²) in [4.78, 5) is 26.3. The highest BCUT2D eigenvalue weighted by Gasteiger charge is 2.28. The molecule has 1 aliphatic heterocycles. The van der Waals surface area contributed by atoms with Gasteiger partial charge in [-0.3, -0.25) is 14.6 Å². The van der Waals surface area contributed by atoms with E-state index in [0.717, 1.165) is 5.56 Å². The van der Waals surface area contributed by atoms with Crippen LogP contribution in [0.1, 0.15) is 15.9 Å². The molecule has 1 aromatic rings. The fourth-order valence-electron chi connectivity index (χ4n) is 1.41. The molecule has 4 heteroatoms. The summed E-state index contributed by atoms with van der Waals surface area (Å²) in [6.45, 7) is 0. The Hall–Kier alpha value is -1.97. The van der Waals surface area contributed by atoms with Crippen molar-refractivity contribution in [1.29, 1.82) is 0 Å². The van der Waals surface area contributed by atoms with Gasteiger partial charge in [0.1, 0.15) is 0 Å². The first-order valence-electron chi connectivity index (χ1n) is 4.16. The maximum atomic E-state index is 11.6. The summed E-state index contributed by atoms with van der Waals surface area (Å²) in [6.07, 6.45) is 1.51. The topological polar surface area (TPSA) is 72.5 Å². The highest BCUT2D eigenvalue weighted by molar-refractivity contribution is 6.19. The van der Waals surface area contributed by atoms with Crippen molar-refractivity contribution in [2.45, 2.75) is 6.04 Å². The number of aliphatic imine (C=N–C) groups is 1. The zero-order valence-electron chi connectivity index (χ0n) is 7.31. The number of ketones is 1. The van der Waals surface area contributed by atoms with Gasteiger partial charge >= 0.3 is 0 Å². The molecule has 1 unspecified atom stereocenters. The molecular formula is C10H8N2O2. The molecule has 0 saturated heterocycles. The van der Waals surface area contributed by atoms with Gasteiger partial charge in [0.05, 0.1) is 0 Å². The van der Waals surface area contributed by atoms with Gasteiger partial charge in [0.25, 0.3) is 0 Å². The Labute approximate surface area is 80.4 Å². The van der Waals surface area contributed by atoms with E-state index in [1.807, 2.05) is 6.07 Å². The number of nitrogens with zero attached hydrogens (tertiary/aromatic N) is 1. The number of hydrogen-bond acceptors (Lipinski definition) is 3. The largest absolute Gasteiger partial charge is 0.367 e. The fourth-order valence-corrected chi connectivity index (χ4v) is 1.41. The molecule has 14 heavy (non-hydrogen) atoms. The van der Waals surface area contributed by atoms with Crippen molar-refractivity contribution in [2.24, 2.45) is 10.7 Å². The van der Waals surface area contributed by atoms with Crippen molar-refractivity contribution in [3.8, 4) is 0 Å². The Morgan fingerprint density at radius 2 is 2.07 bits per heavy atom. The maximum absolute atomic E-state index is 11.6. The zero-order chi connectivity index (χ0) is 10.1. The first-order valence-corrected chi connectivity index (χ1v) is 4.16. The van der Waals surface area contributed by atoms with Crippen LogP contribution in [0.2, 0.25) is 0 Å². The number of amides is 1. The number of carbonyl (C=O) groups excluding carboxylic acids is 2. The molecule has 0 spiro atoms. The molecule has 0 aromatic heterocycles. The third kappa shape index (κ3) is 1.21. The Balaban J connectivity index is 2.50. The minimum absolute atomic E-state index is 0.324. The molecule has 70 valence electrons. The molecule has 2 rings (SSSR count). The van der Waals surface area contributed by atoms with Crippen LogP contribution in [0.15, 0.2) is 29.3 Å². The van der Waals surface area contributed by atoms with E-state index in [1.54, 1.807) is 18.2 Å². The van der Waals surface area contributed by atoms with Crippen LogP contribution in [0, 0.1) is 0 Å². The molecule has 1 amide bonds. The second kappa shape index (κ2) is 3.06. The average Bonchev–Trinajstić information content (AvgIpc) is 2.18. The summed E-state index contributed by atoms with van der Waals surface area (Å²) >= 11 is 0. The number of rotatable bonds is 1. The molecule has 0 radical (unpaired) electrons. The first-order chi connectivity index (χ1) is 6.70. The second-order valence-corrected chi connectivity index (χ2v) is 3.03. The van der Waals surface area contributed by atoms with E-state index >= 15 is 0 Å². The van der Waals surface area contributed by atoms with Crippen LogP contribution in [-0.2, 0) is 4.79 Å². The van der Waals surface area contributed by atoms with E-state index < -0.39 is 11.9 Å². The maximum Gasteiger partial charge on any atom is 0.250 e. The van der Waals surface area contributed by atoms with Gasteiger partial charge in [0, 0.05) is 17.3 Å². The van der Waals surface area contributed by atoms with Crippen LogP contribution < -0.4 is 5.73 Å². The molecule has 1 aliphatic rings. The van der Waals surface area contributed by atoms with Crippen molar-refractivity contribution in [2.75, 3.05) is 0 Å². The summed E-state index contributed by atoms with van der Waals surface area (Å²) in [5.41, 5.74) is 6.28. The molecule has 4 nitrogen and oxygen atoms in total. The molecule has 1 aromatic carbocycles. The van der Waals surface area contributed by atoms with Crippen LogP contribution in [0.3, 0.4) is 0 Å². The first kappa shape index (κ1) is 8.62. The van der Waals surface area contributed by atoms with E-state index in [-0.39, 0.29) is 5.78 Å². The quantitative estimate of drug-likeness (QED) is 0.637. The number of primary amides is 1. The number of fused-ring (bicyclic) bond motifs is 1.